The van der Waals surface area contributed by atoms with Crippen molar-refractivity contribution in [2.75, 3.05) is 26.7 Å². The number of carbonyl (C=O) groups excluding carboxylic acids is 1. The first-order chi connectivity index (χ1) is 11.6. The summed E-state index contributed by atoms with van der Waals surface area (Å²) in [6, 6.07) is 10.6. The number of hydrogen-bond donors (Lipinski definition) is 0. The van der Waals surface area contributed by atoms with E-state index in [-0.39, 0.29) is 5.91 Å². The fourth-order valence-corrected chi connectivity index (χ4v) is 3.46. The van der Waals surface area contributed by atoms with Gasteiger partial charge in [0.2, 0.25) is 5.91 Å². The highest BCUT2D eigenvalue weighted by molar-refractivity contribution is 5.78. The maximum Gasteiger partial charge on any atom is 0.236 e. The number of aryl methyl sites for hydroxylation is 1. The monoisotopic (exact) mass is 326 g/mol. The summed E-state index contributed by atoms with van der Waals surface area (Å²) in [5, 5.41) is 0. The molecule has 0 radical (unpaired) electrons. The van der Waals surface area contributed by atoms with Gasteiger partial charge in [-0.3, -0.25) is 9.69 Å². The summed E-state index contributed by atoms with van der Waals surface area (Å²) < 4.78 is 2.20. The summed E-state index contributed by atoms with van der Waals surface area (Å²) in [6.45, 7) is 4.93. The fraction of sp³-hybridized carbons (Fsp3) is 0.474. The molecule has 1 atom stereocenters. The van der Waals surface area contributed by atoms with Crippen LogP contribution >= 0.6 is 0 Å². The van der Waals surface area contributed by atoms with Gasteiger partial charge in [0.1, 0.15) is 5.82 Å². The summed E-state index contributed by atoms with van der Waals surface area (Å²) >= 11 is 0. The van der Waals surface area contributed by atoms with Crippen LogP contribution in [0.15, 0.2) is 42.7 Å². The Bertz CT molecular complexity index is 667. The number of carbonyl (C=O) groups is 1. The SMILES string of the molecule is Cc1nccn1[C@H]1CCCN(C(=O)CN(C)Cc2ccccc2)C1. The minimum atomic E-state index is 0.218. The molecular formula is C19H26N4O. The van der Waals surface area contributed by atoms with E-state index in [1.54, 1.807) is 0 Å². The third-order valence-corrected chi connectivity index (χ3v) is 4.71. The fourth-order valence-electron chi connectivity index (χ4n) is 3.46. The Balaban J connectivity index is 1.55. The van der Waals surface area contributed by atoms with Crippen LogP contribution in [0.5, 0.6) is 0 Å². The summed E-state index contributed by atoms with van der Waals surface area (Å²) in [5.74, 6) is 1.24. The molecule has 1 aliphatic heterocycles. The summed E-state index contributed by atoms with van der Waals surface area (Å²) in [4.78, 5) is 21.1. The van der Waals surface area contributed by atoms with Crippen molar-refractivity contribution < 1.29 is 4.79 Å². The molecular weight excluding hydrogens is 300 g/mol. The van der Waals surface area contributed by atoms with Gasteiger partial charge in [0.05, 0.1) is 12.6 Å². The van der Waals surface area contributed by atoms with Gasteiger partial charge in [0, 0.05) is 32.0 Å². The van der Waals surface area contributed by atoms with Gasteiger partial charge in [0.15, 0.2) is 0 Å². The molecule has 5 nitrogen and oxygen atoms in total. The van der Waals surface area contributed by atoms with E-state index in [1.807, 2.05) is 49.5 Å². The smallest absolute Gasteiger partial charge is 0.236 e. The minimum absolute atomic E-state index is 0.218. The van der Waals surface area contributed by atoms with Crippen LogP contribution in [0, 0.1) is 6.92 Å². The molecule has 1 aromatic heterocycles. The largest absolute Gasteiger partial charge is 0.340 e. The molecule has 0 bridgehead atoms. The molecule has 1 amide bonds. The topological polar surface area (TPSA) is 41.4 Å². The van der Waals surface area contributed by atoms with Gasteiger partial charge in [-0.1, -0.05) is 30.3 Å². The molecule has 0 N–H and O–H groups in total. The lowest BCUT2D eigenvalue weighted by Crippen LogP contribution is -2.44. The van der Waals surface area contributed by atoms with E-state index in [0.717, 1.165) is 38.3 Å². The molecule has 5 heteroatoms. The molecule has 0 spiro atoms. The van der Waals surface area contributed by atoms with Crippen LogP contribution in [-0.2, 0) is 11.3 Å². The number of nitrogens with zero attached hydrogens (tertiary/aromatic N) is 4. The molecule has 3 rings (SSSR count). The van der Waals surface area contributed by atoms with Crippen LogP contribution in [0.2, 0.25) is 0 Å². The van der Waals surface area contributed by atoms with Crippen LogP contribution in [0.1, 0.15) is 30.3 Å². The lowest BCUT2D eigenvalue weighted by molar-refractivity contribution is -0.133. The Labute approximate surface area is 143 Å². The van der Waals surface area contributed by atoms with Crippen molar-refractivity contribution in [3.8, 4) is 0 Å². The first-order valence-corrected chi connectivity index (χ1v) is 8.63. The highest BCUT2D eigenvalue weighted by Gasteiger charge is 2.25. The lowest BCUT2D eigenvalue weighted by Gasteiger charge is -2.34. The molecule has 128 valence electrons. The predicted octanol–water partition coefficient (Wildman–Crippen LogP) is 2.49. The summed E-state index contributed by atoms with van der Waals surface area (Å²) in [5.41, 5.74) is 1.23. The highest BCUT2D eigenvalue weighted by Crippen LogP contribution is 2.22. The Hall–Kier alpha value is -2.14. The first kappa shape index (κ1) is 16.7. The van der Waals surface area contributed by atoms with Crippen molar-refractivity contribution in [2.24, 2.45) is 0 Å². The average molecular weight is 326 g/mol. The van der Waals surface area contributed by atoms with E-state index < -0.39 is 0 Å². The third-order valence-electron chi connectivity index (χ3n) is 4.71. The second kappa shape index (κ2) is 7.62. The number of hydrogen-bond acceptors (Lipinski definition) is 3. The normalized spacial score (nSPS) is 18.1. The molecule has 2 heterocycles. The second-order valence-corrected chi connectivity index (χ2v) is 6.68. The van der Waals surface area contributed by atoms with E-state index in [9.17, 15) is 4.79 Å². The van der Waals surface area contributed by atoms with E-state index in [2.05, 4.69) is 26.6 Å². The average Bonchev–Trinajstić information content (AvgIpc) is 3.02. The Kier molecular flexibility index (Phi) is 5.30. The van der Waals surface area contributed by atoms with Crippen LogP contribution in [0.25, 0.3) is 0 Å². The van der Waals surface area contributed by atoms with Gasteiger partial charge in [-0.2, -0.15) is 0 Å². The Morgan fingerprint density at radius 1 is 1.33 bits per heavy atom. The zero-order chi connectivity index (χ0) is 16.9. The Morgan fingerprint density at radius 3 is 2.83 bits per heavy atom. The maximum atomic E-state index is 12.7. The molecule has 0 aliphatic carbocycles. The molecule has 1 saturated heterocycles. The van der Waals surface area contributed by atoms with Crippen molar-refractivity contribution in [2.45, 2.75) is 32.4 Å². The first-order valence-electron chi connectivity index (χ1n) is 8.63. The van der Waals surface area contributed by atoms with Gasteiger partial charge >= 0.3 is 0 Å². The molecule has 0 saturated carbocycles. The van der Waals surface area contributed by atoms with Gasteiger partial charge in [-0.25, -0.2) is 4.98 Å². The van der Waals surface area contributed by atoms with Crippen LogP contribution in [0.3, 0.4) is 0 Å². The van der Waals surface area contributed by atoms with Gasteiger partial charge in [-0.15, -0.1) is 0 Å². The van der Waals surface area contributed by atoms with Crippen LogP contribution in [-0.4, -0.2) is 51.9 Å². The van der Waals surface area contributed by atoms with E-state index in [4.69, 9.17) is 0 Å². The number of aromatic nitrogens is 2. The van der Waals surface area contributed by atoms with Crippen molar-refractivity contribution >= 4 is 5.91 Å². The van der Waals surface area contributed by atoms with Crippen LogP contribution < -0.4 is 0 Å². The summed E-state index contributed by atoms with van der Waals surface area (Å²) in [6.07, 6.45) is 6.02. The standard InChI is InChI=1S/C19H26N4O/c1-16-20-10-12-23(16)18-9-6-11-22(14-18)19(24)15-21(2)13-17-7-4-3-5-8-17/h3-5,7-8,10,12,18H,6,9,11,13-15H2,1-2H3/t18-/m0/s1. The number of likely N-dealkylation sites (tertiary alicyclic amines) is 1. The van der Waals surface area contributed by atoms with Gasteiger partial charge < -0.3 is 9.47 Å². The van der Waals surface area contributed by atoms with E-state index >= 15 is 0 Å². The molecule has 1 fully saturated rings. The lowest BCUT2D eigenvalue weighted by atomic mass is 10.1. The summed E-state index contributed by atoms with van der Waals surface area (Å²) in [7, 11) is 2.01. The number of benzene rings is 1. The number of likely N-dealkylation sites (N-methyl/N-ethyl adjacent to an activating group) is 1. The zero-order valence-corrected chi connectivity index (χ0v) is 14.6. The Morgan fingerprint density at radius 2 is 2.12 bits per heavy atom. The van der Waals surface area contributed by atoms with E-state index in [1.165, 1.54) is 5.56 Å². The molecule has 1 aromatic carbocycles. The van der Waals surface area contributed by atoms with E-state index in [0.29, 0.717) is 12.6 Å². The highest BCUT2D eigenvalue weighted by atomic mass is 16.2. The van der Waals surface area contributed by atoms with Gasteiger partial charge in [-0.05, 0) is 32.4 Å². The quantitative estimate of drug-likeness (QED) is 0.848. The van der Waals surface area contributed by atoms with Crippen molar-refractivity contribution in [3.05, 3.63) is 54.1 Å². The number of imidazole rings is 1. The number of amides is 1. The van der Waals surface area contributed by atoms with Crippen molar-refractivity contribution in [3.63, 3.8) is 0 Å². The third kappa shape index (κ3) is 4.03. The van der Waals surface area contributed by atoms with Gasteiger partial charge in [0.25, 0.3) is 0 Å². The van der Waals surface area contributed by atoms with Crippen LogP contribution in [0.4, 0.5) is 0 Å². The molecule has 1 aliphatic rings. The zero-order valence-electron chi connectivity index (χ0n) is 14.6. The van der Waals surface area contributed by atoms with Crippen molar-refractivity contribution in [1.29, 1.82) is 0 Å². The minimum Gasteiger partial charge on any atom is -0.340 e. The number of rotatable bonds is 5. The second-order valence-electron chi connectivity index (χ2n) is 6.68. The number of piperidine rings is 1. The molecule has 24 heavy (non-hydrogen) atoms. The predicted molar refractivity (Wildman–Crippen MR) is 94.6 cm³/mol. The molecule has 0 unspecified atom stereocenters. The van der Waals surface area contributed by atoms with Crippen molar-refractivity contribution in [1.82, 2.24) is 19.4 Å². The maximum absolute atomic E-state index is 12.7. The molecule has 2 aromatic rings.